The van der Waals surface area contributed by atoms with Gasteiger partial charge in [0.25, 0.3) is 0 Å². The number of carbonyl (C=O) groups excluding carboxylic acids is 2. The van der Waals surface area contributed by atoms with Crippen LogP contribution in [0.4, 0.5) is 11.4 Å². The second-order valence-electron chi connectivity index (χ2n) is 6.10. The number of para-hydroxylation sites is 1. The molecule has 0 spiro atoms. The first kappa shape index (κ1) is 21.4. The van der Waals surface area contributed by atoms with Crippen LogP contribution in [0.25, 0.3) is 0 Å². The minimum absolute atomic E-state index is 0.276. The van der Waals surface area contributed by atoms with Crippen LogP contribution in [-0.2, 0) is 26.0 Å². The summed E-state index contributed by atoms with van der Waals surface area (Å²) in [6.07, 6.45) is 1.71. The van der Waals surface area contributed by atoms with Crippen LogP contribution in [0.3, 0.4) is 0 Å². The Morgan fingerprint density at radius 1 is 1.04 bits per heavy atom. The molecule has 0 fully saturated rings. The monoisotopic (exact) mass is 404 g/mol. The van der Waals surface area contributed by atoms with E-state index in [1.165, 1.54) is 12.1 Å². The topological polar surface area (TPSA) is 92.8 Å². The lowest BCUT2D eigenvalue weighted by molar-refractivity contribution is -0.114. The minimum atomic E-state index is -3.65. The van der Waals surface area contributed by atoms with Crippen LogP contribution >= 0.6 is 0 Å². The zero-order chi connectivity index (χ0) is 20.7. The van der Waals surface area contributed by atoms with Gasteiger partial charge < -0.3 is 10.1 Å². The molecule has 28 heavy (non-hydrogen) atoms. The highest BCUT2D eigenvalue weighted by Crippen LogP contribution is 2.23. The molecule has 2 aromatic rings. The van der Waals surface area contributed by atoms with Crippen molar-refractivity contribution in [3.63, 3.8) is 0 Å². The second kappa shape index (κ2) is 9.36. The highest BCUT2D eigenvalue weighted by Gasteiger charge is 2.22. The highest BCUT2D eigenvalue weighted by atomic mass is 32.2. The number of sulfonamides is 1. The molecule has 0 saturated heterocycles. The van der Waals surface area contributed by atoms with Crippen molar-refractivity contribution in [3.8, 4) is 0 Å². The van der Waals surface area contributed by atoms with Gasteiger partial charge in [-0.25, -0.2) is 13.2 Å². The molecule has 2 aromatic carbocycles. The molecule has 1 amide bonds. The number of benzene rings is 2. The number of anilines is 2. The molecule has 0 bridgehead atoms. The van der Waals surface area contributed by atoms with Crippen molar-refractivity contribution in [1.29, 1.82) is 0 Å². The predicted octanol–water partition coefficient (Wildman–Crippen LogP) is 2.83. The summed E-state index contributed by atoms with van der Waals surface area (Å²) in [5.74, 6) is -0.931. The van der Waals surface area contributed by atoms with Crippen molar-refractivity contribution in [2.24, 2.45) is 0 Å². The Bertz CT molecular complexity index is 939. The number of nitrogens with zero attached hydrogens (tertiary/aromatic N) is 1. The normalized spacial score (nSPS) is 11.0. The summed E-state index contributed by atoms with van der Waals surface area (Å²) in [7, 11) is -3.65. The number of rotatable bonds is 8. The van der Waals surface area contributed by atoms with Crippen LogP contribution in [0, 0.1) is 0 Å². The average molecular weight is 404 g/mol. The number of amides is 1. The van der Waals surface area contributed by atoms with Crippen LogP contribution in [-0.4, -0.2) is 39.7 Å². The van der Waals surface area contributed by atoms with Gasteiger partial charge in [-0.2, -0.15) is 0 Å². The summed E-state index contributed by atoms with van der Waals surface area (Å²) in [6, 6.07) is 13.3. The van der Waals surface area contributed by atoms with Gasteiger partial charge in [0.05, 0.1) is 24.1 Å². The van der Waals surface area contributed by atoms with Gasteiger partial charge in [0.15, 0.2) is 0 Å². The molecule has 150 valence electrons. The van der Waals surface area contributed by atoms with E-state index in [9.17, 15) is 18.0 Å². The lowest BCUT2D eigenvalue weighted by atomic mass is 10.1. The van der Waals surface area contributed by atoms with Crippen LogP contribution in [0.15, 0.2) is 48.5 Å². The van der Waals surface area contributed by atoms with Gasteiger partial charge in [-0.15, -0.1) is 0 Å². The Morgan fingerprint density at radius 2 is 1.68 bits per heavy atom. The van der Waals surface area contributed by atoms with Gasteiger partial charge in [-0.05, 0) is 49.2 Å². The van der Waals surface area contributed by atoms with Crippen molar-refractivity contribution in [2.45, 2.75) is 20.3 Å². The van der Waals surface area contributed by atoms with E-state index in [0.717, 1.165) is 16.1 Å². The smallest absolute Gasteiger partial charge is 0.338 e. The average Bonchev–Trinajstić information content (AvgIpc) is 2.66. The zero-order valence-corrected chi connectivity index (χ0v) is 17.0. The second-order valence-corrected chi connectivity index (χ2v) is 8.00. The fourth-order valence-electron chi connectivity index (χ4n) is 2.67. The number of ether oxygens (including phenoxy) is 1. The Hall–Kier alpha value is -2.87. The van der Waals surface area contributed by atoms with Crippen LogP contribution < -0.4 is 9.62 Å². The van der Waals surface area contributed by atoms with E-state index in [4.69, 9.17) is 4.74 Å². The van der Waals surface area contributed by atoms with E-state index >= 15 is 0 Å². The quantitative estimate of drug-likeness (QED) is 0.683. The summed E-state index contributed by atoms with van der Waals surface area (Å²) in [5.41, 5.74) is 2.14. The molecule has 2 rings (SSSR count). The molecule has 8 heteroatoms. The molecule has 0 heterocycles. The van der Waals surface area contributed by atoms with Crippen molar-refractivity contribution in [1.82, 2.24) is 0 Å². The molecule has 0 aliphatic heterocycles. The molecule has 0 unspecified atom stereocenters. The minimum Gasteiger partial charge on any atom is -0.462 e. The molecular formula is C20H24N2O5S. The molecule has 0 aliphatic rings. The van der Waals surface area contributed by atoms with Crippen molar-refractivity contribution < 1.29 is 22.7 Å². The van der Waals surface area contributed by atoms with E-state index in [1.807, 2.05) is 19.1 Å². The zero-order valence-electron chi connectivity index (χ0n) is 16.1. The van der Waals surface area contributed by atoms with Gasteiger partial charge in [-0.3, -0.25) is 9.10 Å². The number of hydrogen-bond donors (Lipinski definition) is 1. The SMILES string of the molecule is CCOC(=O)c1ccc(NC(=O)CN(c2ccccc2CC)S(C)(=O)=O)cc1. The molecule has 0 atom stereocenters. The van der Waals surface area contributed by atoms with Crippen LogP contribution in [0.1, 0.15) is 29.8 Å². The first-order valence-corrected chi connectivity index (χ1v) is 10.7. The highest BCUT2D eigenvalue weighted by molar-refractivity contribution is 7.92. The molecule has 1 N–H and O–H groups in total. The molecule has 0 aromatic heterocycles. The predicted molar refractivity (Wildman–Crippen MR) is 109 cm³/mol. The third-order valence-electron chi connectivity index (χ3n) is 4.01. The first-order valence-electron chi connectivity index (χ1n) is 8.89. The van der Waals surface area contributed by atoms with E-state index < -0.39 is 21.9 Å². The van der Waals surface area contributed by atoms with E-state index in [2.05, 4.69) is 5.32 Å². The maximum absolute atomic E-state index is 12.5. The molecule has 0 radical (unpaired) electrons. The number of nitrogens with one attached hydrogen (secondary N) is 1. The van der Waals surface area contributed by atoms with Gasteiger partial charge in [0.1, 0.15) is 6.54 Å². The first-order chi connectivity index (χ1) is 13.3. The summed E-state index contributed by atoms with van der Waals surface area (Å²) < 4.78 is 30.5. The number of aryl methyl sites for hydroxylation is 1. The van der Waals surface area contributed by atoms with Crippen molar-refractivity contribution in [2.75, 3.05) is 29.0 Å². The van der Waals surface area contributed by atoms with Gasteiger partial charge >= 0.3 is 5.97 Å². The number of esters is 1. The fourth-order valence-corrected chi connectivity index (χ4v) is 3.56. The van der Waals surface area contributed by atoms with Gasteiger partial charge in [0, 0.05) is 5.69 Å². The summed E-state index contributed by atoms with van der Waals surface area (Å²) >= 11 is 0. The fraction of sp³-hybridized carbons (Fsp3) is 0.300. The maximum Gasteiger partial charge on any atom is 0.338 e. The summed E-state index contributed by atoms with van der Waals surface area (Å²) in [4.78, 5) is 24.1. The summed E-state index contributed by atoms with van der Waals surface area (Å²) in [5, 5.41) is 2.65. The Morgan fingerprint density at radius 3 is 2.25 bits per heavy atom. The largest absolute Gasteiger partial charge is 0.462 e. The summed E-state index contributed by atoms with van der Waals surface area (Å²) in [6.45, 7) is 3.56. The number of carbonyl (C=O) groups is 2. The molecule has 0 saturated carbocycles. The molecule has 0 aliphatic carbocycles. The third-order valence-corrected chi connectivity index (χ3v) is 5.14. The standard InChI is InChI=1S/C20H24N2O5S/c1-4-15-8-6-7-9-18(15)22(28(3,25)26)14-19(23)21-17-12-10-16(11-13-17)20(24)27-5-2/h6-13H,4-5,14H2,1-3H3,(H,21,23). The number of hydrogen-bond acceptors (Lipinski definition) is 5. The molecule has 7 nitrogen and oxygen atoms in total. The van der Waals surface area contributed by atoms with E-state index in [0.29, 0.717) is 23.4 Å². The van der Waals surface area contributed by atoms with Gasteiger partial charge in [0.2, 0.25) is 15.9 Å². The van der Waals surface area contributed by atoms with E-state index in [-0.39, 0.29) is 13.2 Å². The lowest BCUT2D eigenvalue weighted by Crippen LogP contribution is -2.38. The Balaban J connectivity index is 2.15. The van der Waals surface area contributed by atoms with E-state index in [1.54, 1.807) is 31.2 Å². The van der Waals surface area contributed by atoms with Crippen LogP contribution in [0.5, 0.6) is 0 Å². The van der Waals surface area contributed by atoms with Crippen molar-refractivity contribution in [3.05, 3.63) is 59.7 Å². The van der Waals surface area contributed by atoms with Gasteiger partial charge in [-0.1, -0.05) is 25.1 Å². The van der Waals surface area contributed by atoms with Crippen LogP contribution in [0.2, 0.25) is 0 Å². The van der Waals surface area contributed by atoms with Crippen molar-refractivity contribution >= 4 is 33.3 Å². The molecular weight excluding hydrogens is 380 g/mol. The Kier molecular flexibility index (Phi) is 7.17. The maximum atomic E-state index is 12.5. The third kappa shape index (κ3) is 5.56. The Labute approximate surface area is 165 Å². The lowest BCUT2D eigenvalue weighted by Gasteiger charge is -2.24.